The lowest BCUT2D eigenvalue weighted by atomic mass is 9.92. The zero-order valence-electron chi connectivity index (χ0n) is 10.9. The van der Waals surface area contributed by atoms with Gasteiger partial charge in [0.1, 0.15) is 0 Å². The first kappa shape index (κ1) is 9.44. The lowest BCUT2D eigenvalue weighted by Crippen LogP contribution is -2.25. The van der Waals surface area contributed by atoms with Gasteiger partial charge in [0.25, 0.3) is 0 Å². The minimum absolute atomic E-state index is 0.121. The molecule has 0 amide bonds. The van der Waals surface area contributed by atoms with Crippen molar-refractivity contribution in [1.82, 2.24) is 0 Å². The first-order valence-corrected chi connectivity index (χ1v) is 4.61. The van der Waals surface area contributed by atoms with Crippen LogP contribution in [0.2, 0.25) is 0 Å². The molecule has 1 heterocycles. The van der Waals surface area contributed by atoms with Gasteiger partial charge in [-0.15, -0.1) is 0 Å². The van der Waals surface area contributed by atoms with Gasteiger partial charge >= 0.3 is 0 Å². The van der Waals surface area contributed by atoms with Gasteiger partial charge in [-0.05, 0) is 12.8 Å². The predicted molar refractivity (Wildman–Crippen MR) is 52.5 cm³/mol. The third kappa shape index (κ3) is 2.93. The maximum absolute atomic E-state index is 9.63. The van der Waals surface area contributed by atoms with E-state index in [1.54, 1.807) is 0 Å². The van der Waals surface area contributed by atoms with Gasteiger partial charge in [0, 0.05) is 14.4 Å². The highest BCUT2D eigenvalue weighted by Crippen LogP contribution is 2.30. The third-order valence-corrected chi connectivity index (χ3v) is 2.43. The number of aliphatic hydroxyl groups is 2. The minimum Gasteiger partial charge on any atom is -0.400 e. The SMILES string of the molecule is [2H]C[C@H]1O[C@@H](C(C)C)C(C)[C@H]1O.[3H]OC. The summed E-state index contributed by atoms with van der Waals surface area (Å²) in [6.07, 6.45) is -0.599. The Morgan fingerprint density at radius 3 is 2.38 bits per heavy atom. The van der Waals surface area contributed by atoms with Crippen molar-refractivity contribution >= 4 is 0 Å². The Morgan fingerprint density at radius 2 is 2.15 bits per heavy atom. The topological polar surface area (TPSA) is 49.7 Å². The molecule has 0 radical (unpaired) electrons. The first-order valence-electron chi connectivity index (χ1n) is 5.73. The summed E-state index contributed by atoms with van der Waals surface area (Å²) in [6, 6.07) is 0. The molecule has 1 saturated heterocycles. The Balaban J connectivity index is 0.000000583. The third-order valence-electron chi connectivity index (χ3n) is 2.43. The number of aliphatic hydroxyl groups excluding tert-OH is 2. The van der Waals surface area contributed by atoms with Crippen molar-refractivity contribution in [1.29, 1.82) is 1.43 Å². The second kappa shape index (κ2) is 5.58. The van der Waals surface area contributed by atoms with Crippen LogP contribution in [0.25, 0.3) is 0 Å². The average molecular weight is 193 g/mol. The number of rotatable bonds is 1. The number of hydrogen-bond donors (Lipinski definition) is 2. The molecule has 1 aliphatic heterocycles. The van der Waals surface area contributed by atoms with Crippen LogP contribution in [-0.2, 0) is 4.74 Å². The van der Waals surface area contributed by atoms with Gasteiger partial charge in [-0.3, -0.25) is 0 Å². The van der Waals surface area contributed by atoms with Crippen LogP contribution < -0.4 is 0 Å². The summed E-state index contributed by atoms with van der Waals surface area (Å²) in [7, 11) is 1.29. The molecule has 0 aromatic heterocycles. The van der Waals surface area contributed by atoms with E-state index in [-0.39, 0.29) is 25.0 Å². The summed E-state index contributed by atoms with van der Waals surface area (Å²) in [5.74, 6) is 0.589. The highest BCUT2D eigenvalue weighted by Gasteiger charge is 2.39. The lowest BCUT2D eigenvalue weighted by Gasteiger charge is -2.18. The van der Waals surface area contributed by atoms with Crippen molar-refractivity contribution in [2.24, 2.45) is 11.8 Å². The van der Waals surface area contributed by atoms with Gasteiger partial charge in [0.05, 0.1) is 18.3 Å². The molecule has 0 saturated carbocycles. The van der Waals surface area contributed by atoms with Crippen LogP contribution in [0.3, 0.4) is 0 Å². The second-order valence-corrected chi connectivity index (χ2v) is 3.73. The van der Waals surface area contributed by atoms with E-state index in [0.717, 1.165) is 0 Å². The summed E-state index contributed by atoms with van der Waals surface area (Å²) < 4.78 is 18.4. The van der Waals surface area contributed by atoms with Crippen molar-refractivity contribution in [2.75, 3.05) is 7.11 Å². The molecule has 2 N–H and O–H groups in total. The standard InChI is InChI=1S/C9H18O2.CH4O/c1-5(2)9-6(3)8(10)7(4)11-9;1-2/h5-10H,1-4H3;2H,1H3/t6?,7-,8-,9+;/m1./s1/i4D;2T. The fraction of sp³-hybridized carbons (Fsp3) is 1.00. The highest BCUT2D eigenvalue weighted by atomic mass is 16.5. The molecule has 1 fully saturated rings. The van der Waals surface area contributed by atoms with E-state index >= 15 is 0 Å². The van der Waals surface area contributed by atoms with Crippen LogP contribution in [0.5, 0.6) is 0 Å². The Labute approximate surface area is 83.6 Å². The summed E-state index contributed by atoms with van der Waals surface area (Å²) >= 11 is 0. The average Bonchev–Trinajstić information content (AvgIpc) is 2.45. The minimum atomic E-state index is -0.449. The van der Waals surface area contributed by atoms with E-state index in [0.29, 0.717) is 5.92 Å². The zero-order chi connectivity index (χ0) is 12.0. The summed E-state index contributed by atoms with van der Waals surface area (Å²) in [4.78, 5) is 0. The maximum atomic E-state index is 9.63. The van der Waals surface area contributed by atoms with Gasteiger partial charge in [-0.1, -0.05) is 20.8 Å². The largest absolute Gasteiger partial charge is 0.400 e. The Kier molecular flexibility index (Phi) is 4.05. The van der Waals surface area contributed by atoms with Gasteiger partial charge in [0.15, 0.2) is 0 Å². The molecule has 13 heavy (non-hydrogen) atoms. The molecule has 1 rings (SSSR count). The zero-order valence-corrected chi connectivity index (χ0v) is 8.86. The molecule has 3 nitrogen and oxygen atoms in total. The molecule has 1 unspecified atom stereocenters. The van der Waals surface area contributed by atoms with Gasteiger partial charge in [-0.2, -0.15) is 0 Å². The van der Waals surface area contributed by atoms with Gasteiger partial charge in [0.2, 0.25) is 1.43 Å². The molecule has 0 bridgehead atoms. The van der Waals surface area contributed by atoms with E-state index in [1.165, 1.54) is 7.11 Å². The Morgan fingerprint density at radius 1 is 1.62 bits per heavy atom. The van der Waals surface area contributed by atoms with Crippen LogP contribution in [0.4, 0.5) is 0 Å². The molecular formula is C10H22O3. The normalized spacial score (nSPS) is 40.8. The highest BCUT2D eigenvalue weighted by molar-refractivity contribution is 4.86. The van der Waals surface area contributed by atoms with Crippen molar-refractivity contribution in [3.05, 3.63) is 0 Å². The van der Waals surface area contributed by atoms with E-state index in [4.69, 9.17) is 7.54 Å². The maximum Gasteiger partial charge on any atom is 0.210 e. The van der Waals surface area contributed by atoms with Crippen LogP contribution >= 0.6 is 0 Å². The van der Waals surface area contributed by atoms with E-state index in [9.17, 15) is 5.11 Å². The number of ether oxygens (including phenoxy) is 1. The van der Waals surface area contributed by atoms with E-state index in [1.807, 2.05) is 6.92 Å². The summed E-state index contributed by atoms with van der Waals surface area (Å²) in [5.41, 5.74) is 0. The molecule has 0 aliphatic carbocycles. The number of hydrogen-bond acceptors (Lipinski definition) is 3. The molecule has 0 spiro atoms. The monoisotopic (exact) mass is 193 g/mol. The van der Waals surface area contributed by atoms with Gasteiger partial charge < -0.3 is 15.0 Å². The molecule has 0 aromatic carbocycles. The van der Waals surface area contributed by atoms with Crippen molar-refractivity contribution in [2.45, 2.75) is 46.0 Å². The predicted octanol–water partition coefficient (Wildman–Crippen LogP) is 1.04. The van der Waals surface area contributed by atoms with Crippen molar-refractivity contribution in [3.63, 3.8) is 0 Å². The molecule has 1 aliphatic rings. The quantitative estimate of drug-likeness (QED) is 0.654. The first-order chi connectivity index (χ1) is 6.99. The second-order valence-electron chi connectivity index (χ2n) is 3.73. The molecule has 0 aromatic rings. The van der Waals surface area contributed by atoms with Crippen molar-refractivity contribution < 1.29 is 16.3 Å². The summed E-state index contributed by atoms with van der Waals surface area (Å²) in [5, 5.41) is 13.1. The molecule has 80 valence electrons. The smallest absolute Gasteiger partial charge is 0.210 e. The van der Waals surface area contributed by atoms with Crippen LogP contribution in [0.1, 0.15) is 29.0 Å². The fourth-order valence-electron chi connectivity index (χ4n) is 1.70. The van der Waals surface area contributed by atoms with Crippen LogP contribution in [0, 0.1) is 11.8 Å². The summed E-state index contributed by atoms with van der Waals surface area (Å²) in [6.45, 7) is 6.32. The molecular weight excluding hydrogens is 168 g/mol. The van der Waals surface area contributed by atoms with E-state index < -0.39 is 6.10 Å². The van der Waals surface area contributed by atoms with Crippen LogP contribution in [0.15, 0.2) is 0 Å². The lowest BCUT2D eigenvalue weighted by molar-refractivity contribution is 0.00364. The van der Waals surface area contributed by atoms with Gasteiger partial charge in [-0.25, -0.2) is 0 Å². The Hall–Kier alpha value is -0.120. The van der Waals surface area contributed by atoms with Crippen molar-refractivity contribution in [3.8, 4) is 0 Å². The molecule has 3 heteroatoms. The Bertz CT molecular complexity index is 167. The molecule has 4 atom stereocenters. The van der Waals surface area contributed by atoms with Crippen LogP contribution in [-0.4, -0.2) is 37.1 Å². The fourth-order valence-corrected chi connectivity index (χ4v) is 1.70. The van der Waals surface area contributed by atoms with E-state index in [2.05, 4.69) is 19.0 Å².